The maximum absolute atomic E-state index is 12.2. The van der Waals surface area contributed by atoms with Crippen molar-refractivity contribution >= 4 is 29.8 Å². The van der Waals surface area contributed by atoms with E-state index in [0.29, 0.717) is 0 Å². The van der Waals surface area contributed by atoms with Crippen LogP contribution in [0.3, 0.4) is 0 Å². The molecule has 0 spiro atoms. The van der Waals surface area contributed by atoms with E-state index in [1.807, 2.05) is 44.2 Å². The van der Waals surface area contributed by atoms with E-state index in [1.165, 1.54) is 0 Å². The molecule has 2 rings (SSSR count). The molecule has 144 valence electrons. The molecule has 9 nitrogen and oxygen atoms in total. The van der Waals surface area contributed by atoms with E-state index in [1.54, 1.807) is 0 Å². The van der Waals surface area contributed by atoms with Crippen molar-refractivity contribution in [3.8, 4) is 0 Å². The molecule has 1 heterocycles. The smallest absolute Gasteiger partial charge is 0.334 e. The molecule has 1 fully saturated rings. The topological polar surface area (TPSA) is 116 Å². The van der Waals surface area contributed by atoms with Gasteiger partial charge in [0.1, 0.15) is 0 Å². The van der Waals surface area contributed by atoms with E-state index in [4.69, 9.17) is 0 Å². The Morgan fingerprint density at radius 1 is 1.00 bits per heavy atom. The van der Waals surface area contributed by atoms with Crippen molar-refractivity contribution < 1.29 is 24.0 Å². The third-order valence-corrected chi connectivity index (χ3v) is 3.79. The zero-order valence-electron chi connectivity index (χ0n) is 15.2. The van der Waals surface area contributed by atoms with Crippen LogP contribution in [0.25, 0.3) is 0 Å². The Hall–Kier alpha value is -3.23. The minimum absolute atomic E-state index is 0.0160. The molecule has 9 heteroatoms. The Balaban J connectivity index is 1.79. The fraction of sp³-hybridized carbons (Fsp3) is 0.389. The van der Waals surface area contributed by atoms with Crippen molar-refractivity contribution in [2.75, 3.05) is 13.1 Å². The van der Waals surface area contributed by atoms with E-state index in [2.05, 4.69) is 10.6 Å². The van der Waals surface area contributed by atoms with Crippen LogP contribution in [0.1, 0.15) is 25.8 Å². The van der Waals surface area contributed by atoms with Crippen molar-refractivity contribution in [1.29, 1.82) is 0 Å². The molecule has 0 radical (unpaired) electrons. The average Bonchev–Trinajstić information content (AvgIpc) is 2.82. The van der Waals surface area contributed by atoms with Gasteiger partial charge in [0.2, 0.25) is 5.91 Å². The zero-order chi connectivity index (χ0) is 20.0. The number of urea groups is 2. The molecule has 0 aromatic heterocycles. The predicted molar refractivity (Wildman–Crippen MR) is 95.1 cm³/mol. The van der Waals surface area contributed by atoms with Crippen LogP contribution in [0.15, 0.2) is 30.3 Å². The number of benzene rings is 1. The fourth-order valence-corrected chi connectivity index (χ4v) is 2.50. The Morgan fingerprint density at radius 3 is 2.26 bits per heavy atom. The van der Waals surface area contributed by atoms with E-state index < -0.39 is 29.8 Å². The molecule has 0 bridgehead atoms. The van der Waals surface area contributed by atoms with Gasteiger partial charge in [-0.2, -0.15) is 0 Å². The zero-order valence-corrected chi connectivity index (χ0v) is 15.2. The third kappa shape index (κ3) is 5.37. The summed E-state index contributed by atoms with van der Waals surface area (Å²) >= 11 is 0. The second-order valence-corrected chi connectivity index (χ2v) is 6.52. The monoisotopic (exact) mass is 374 g/mol. The second kappa shape index (κ2) is 8.93. The van der Waals surface area contributed by atoms with Crippen molar-refractivity contribution in [1.82, 2.24) is 20.4 Å². The summed E-state index contributed by atoms with van der Waals surface area (Å²) < 4.78 is 0. The first-order valence-corrected chi connectivity index (χ1v) is 8.58. The SMILES string of the molecule is CC(C)CN1C(=O)C(=O)N(CCC(=O)NC(=O)NCc2ccccc2)C1=O. The molecule has 0 saturated carbocycles. The van der Waals surface area contributed by atoms with Gasteiger partial charge in [0.15, 0.2) is 0 Å². The van der Waals surface area contributed by atoms with Crippen LogP contribution in [0.4, 0.5) is 9.59 Å². The Morgan fingerprint density at radius 2 is 1.63 bits per heavy atom. The molecular formula is C18H22N4O5. The van der Waals surface area contributed by atoms with Gasteiger partial charge in [0.05, 0.1) is 0 Å². The lowest BCUT2D eigenvalue weighted by atomic mass is 10.2. The Kier molecular flexibility index (Phi) is 6.64. The number of nitrogens with zero attached hydrogens (tertiary/aromatic N) is 2. The highest BCUT2D eigenvalue weighted by molar-refractivity contribution is 6.44. The van der Waals surface area contributed by atoms with Crippen molar-refractivity contribution in [3.63, 3.8) is 0 Å². The van der Waals surface area contributed by atoms with Gasteiger partial charge >= 0.3 is 23.9 Å². The summed E-state index contributed by atoms with van der Waals surface area (Å²) in [5.41, 5.74) is 0.872. The number of hydrogen-bond donors (Lipinski definition) is 2. The van der Waals surface area contributed by atoms with Crippen molar-refractivity contribution in [2.24, 2.45) is 5.92 Å². The van der Waals surface area contributed by atoms with Crippen molar-refractivity contribution in [3.05, 3.63) is 35.9 Å². The quantitative estimate of drug-likeness (QED) is 0.542. The molecule has 2 N–H and O–H groups in total. The number of nitrogens with one attached hydrogen (secondary N) is 2. The summed E-state index contributed by atoms with van der Waals surface area (Å²) in [6, 6.07) is 7.74. The lowest BCUT2D eigenvalue weighted by Crippen LogP contribution is -2.41. The van der Waals surface area contributed by atoms with Gasteiger partial charge in [0.25, 0.3) is 0 Å². The number of carbonyl (C=O) groups is 5. The fourth-order valence-electron chi connectivity index (χ4n) is 2.50. The summed E-state index contributed by atoms with van der Waals surface area (Å²) in [5, 5.41) is 4.65. The number of carbonyl (C=O) groups excluding carboxylic acids is 5. The third-order valence-electron chi connectivity index (χ3n) is 3.79. The maximum Gasteiger partial charge on any atom is 0.334 e. The van der Waals surface area contributed by atoms with Gasteiger partial charge in [-0.15, -0.1) is 0 Å². The highest BCUT2D eigenvalue weighted by atomic mass is 16.2. The first kappa shape index (κ1) is 20.1. The minimum atomic E-state index is -0.957. The van der Waals surface area contributed by atoms with Crippen LogP contribution >= 0.6 is 0 Å². The van der Waals surface area contributed by atoms with E-state index in [0.717, 1.165) is 15.4 Å². The molecule has 1 aliphatic rings. The highest BCUT2D eigenvalue weighted by Gasteiger charge is 2.44. The molecule has 0 aliphatic carbocycles. The lowest BCUT2D eigenvalue weighted by molar-refractivity contribution is -0.143. The standard InChI is InChI=1S/C18H22N4O5/c1-12(2)11-22-16(25)15(24)21(18(22)27)9-8-14(23)20-17(26)19-10-13-6-4-3-5-7-13/h3-7,12H,8-11H2,1-2H3,(H2,19,20,23,26). The largest absolute Gasteiger partial charge is 0.334 e. The maximum atomic E-state index is 12.2. The number of rotatable bonds is 7. The molecule has 7 amide bonds. The van der Waals surface area contributed by atoms with Crippen LogP contribution in [0, 0.1) is 5.92 Å². The summed E-state index contributed by atoms with van der Waals surface area (Å²) in [6.45, 7) is 3.75. The molecule has 27 heavy (non-hydrogen) atoms. The van der Waals surface area contributed by atoms with Crippen LogP contribution in [0.2, 0.25) is 0 Å². The summed E-state index contributed by atoms with van der Waals surface area (Å²) in [4.78, 5) is 61.1. The number of hydrogen-bond acceptors (Lipinski definition) is 5. The van der Waals surface area contributed by atoms with Crippen LogP contribution in [0.5, 0.6) is 0 Å². The van der Waals surface area contributed by atoms with Crippen molar-refractivity contribution in [2.45, 2.75) is 26.8 Å². The Bertz CT molecular complexity index is 747. The number of amides is 7. The molecule has 1 saturated heterocycles. The summed E-state index contributed by atoms with van der Waals surface area (Å²) in [7, 11) is 0. The molecular weight excluding hydrogens is 352 g/mol. The molecule has 1 aromatic rings. The highest BCUT2D eigenvalue weighted by Crippen LogP contribution is 2.14. The van der Waals surface area contributed by atoms with Gasteiger partial charge in [-0.1, -0.05) is 44.2 Å². The molecule has 0 atom stereocenters. The summed E-state index contributed by atoms with van der Waals surface area (Å²) in [6.07, 6.45) is -0.279. The van der Waals surface area contributed by atoms with Gasteiger partial charge in [-0.05, 0) is 11.5 Å². The van der Waals surface area contributed by atoms with E-state index >= 15 is 0 Å². The predicted octanol–water partition coefficient (Wildman–Crippen LogP) is 0.849. The van der Waals surface area contributed by atoms with Gasteiger partial charge < -0.3 is 5.32 Å². The van der Waals surface area contributed by atoms with Gasteiger partial charge in [-0.25, -0.2) is 9.59 Å². The first-order chi connectivity index (χ1) is 12.8. The van der Waals surface area contributed by atoms with Gasteiger partial charge in [-0.3, -0.25) is 29.5 Å². The van der Waals surface area contributed by atoms with Gasteiger partial charge in [0, 0.05) is 26.1 Å². The van der Waals surface area contributed by atoms with Crippen LogP contribution in [-0.2, 0) is 20.9 Å². The molecule has 1 aromatic carbocycles. The molecule has 1 aliphatic heterocycles. The van der Waals surface area contributed by atoms with Crippen LogP contribution in [-0.4, -0.2) is 52.7 Å². The minimum Gasteiger partial charge on any atom is -0.334 e. The normalized spacial score (nSPS) is 14.1. The van der Waals surface area contributed by atoms with Crippen LogP contribution < -0.4 is 10.6 Å². The Labute approximate surface area is 156 Å². The number of imide groups is 3. The molecule has 0 unspecified atom stereocenters. The average molecular weight is 374 g/mol. The van der Waals surface area contributed by atoms with E-state index in [-0.39, 0.29) is 32.0 Å². The van der Waals surface area contributed by atoms with E-state index in [9.17, 15) is 24.0 Å². The lowest BCUT2D eigenvalue weighted by Gasteiger charge is -2.16. The second-order valence-electron chi connectivity index (χ2n) is 6.52. The first-order valence-electron chi connectivity index (χ1n) is 8.58. The summed E-state index contributed by atoms with van der Waals surface area (Å²) in [5.74, 6) is -2.49.